The summed E-state index contributed by atoms with van der Waals surface area (Å²) in [5.41, 5.74) is 0.440. The van der Waals surface area contributed by atoms with Gasteiger partial charge in [-0.25, -0.2) is 0 Å². The lowest BCUT2D eigenvalue weighted by Crippen LogP contribution is -2.22. The summed E-state index contributed by atoms with van der Waals surface area (Å²) in [5, 5.41) is 2.45. The summed E-state index contributed by atoms with van der Waals surface area (Å²) in [4.78, 5) is 32.5. The zero-order valence-corrected chi connectivity index (χ0v) is 9.94. The Bertz CT molecular complexity index is 297. The maximum absolute atomic E-state index is 11.4. The molecule has 1 amide bonds. The van der Waals surface area contributed by atoms with Crippen LogP contribution in [0, 0.1) is 0 Å². The molecule has 0 aliphatic rings. The van der Waals surface area contributed by atoms with Gasteiger partial charge in [0.1, 0.15) is 0 Å². The molecule has 84 valence electrons. The number of ketones is 1. The van der Waals surface area contributed by atoms with Crippen molar-refractivity contribution in [2.45, 2.75) is 20.8 Å². The van der Waals surface area contributed by atoms with Gasteiger partial charge in [0, 0.05) is 24.8 Å². The molecule has 0 spiro atoms. The van der Waals surface area contributed by atoms with E-state index in [-0.39, 0.29) is 16.8 Å². The summed E-state index contributed by atoms with van der Waals surface area (Å²) in [6.45, 7) is 4.89. The van der Waals surface area contributed by atoms with Crippen LogP contribution in [0.2, 0.25) is 0 Å². The summed E-state index contributed by atoms with van der Waals surface area (Å²) in [5.74, 6) is 0.268. The number of hydrogen-bond acceptors (Lipinski definition) is 4. The Morgan fingerprint density at radius 3 is 2.27 bits per heavy atom. The standard InChI is InChI=1S/C10H15NO3S/c1-7(6-8(2)12)10(14)15-5-4-11-9(3)13/h6H,4-5H2,1-3H3,(H,11,13)/b7-6+. The average Bonchev–Trinajstić information content (AvgIpc) is 2.10. The number of thioether (sulfide) groups is 1. The summed E-state index contributed by atoms with van der Waals surface area (Å²) >= 11 is 1.09. The second-order valence-corrected chi connectivity index (χ2v) is 4.12. The Morgan fingerprint density at radius 2 is 1.80 bits per heavy atom. The molecular formula is C10H15NO3S. The molecule has 0 heterocycles. The van der Waals surface area contributed by atoms with Gasteiger partial charge in [0.25, 0.3) is 0 Å². The largest absolute Gasteiger partial charge is 0.356 e. The molecule has 4 nitrogen and oxygen atoms in total. The van der Waals surface area contributed by atoms with Crippen LogP contribution in [0.4, 0.5) is 0 Å². The third-order valence-corrected chi connectivity index (χ3v) is 2.44. The number of nitrogens with one attached hydrogen (secondary N) is 1. The Balaban J connectivity index is 3.84. The molecule has 0 aliphatic heterocycles. The average molecular weight is 229 g/mol. The van der Waals surface area contributed by atoms with Gasteiger partial charge in [-0.3, -0.25) is 14.4 Å². The van der Waals surface area contributed by atoms with Gasteiger partial charge in [0.05, 0.1) is 0 Å². The van der Waals surface area contributed by atoms with Gasteiger partial charge >= 0.3 is 0 Å². The Morgan fingerprint density at radius 1 is 1.20 bits per heavy atom. The fourth-order valence-corrected chi connectivity index (χ4v) is 1.52. The number of carbonyl (C=O) groups is 3. The van der Waals surface area contributed by atoms with Crippen molar-refractivity contribution in [1.82, 2.24) is 5.32 Å². The Kier molecular flexibility index (Phi) is 6.70. The molecule has 0 saturated carbocycles. The molecule has 0 bridgehead atoms. The topological polar surface area (TPSA) is 63.2 Å². The van der Waals surface area contributed by atoms with Gasteiger partial charge in [0.15, 0.2) is 5.78 Å². The summed E-state index contributed by atoms with van der Waals surface area (Å²) in [6, 6.07) is 0. The van der Waals surface area contributed by atoms with Gasteiger partial charge < -0.3 is 5.32 Å². The lowest BCUT2D eigenvalue weighted by molar-refractivity contribution is -0.119. The minimum absolute atomic E-state index is 0.112. The van der Waals surface area contributed by atoms with Gasteiger partial charge in [-0.05, 0) is 19.9 Å². The molecule has 0 radical (unpaired) electrons. The van der Waals surface area contributed by atoms with Crippen molar-refractivity contribution in [2.24, 2.45) is 0 Å². The molecular weight excluding hydrogens is 214 g/mol. The minimum Gasteiger partial charge on any atom is -0.356 e. The quantitative estimate of drug-likeness (QED) is 0.562. The molecule has 5 heteroatoms. The van der Waals surface area contributed by atoms with Crippen LogP contribution in [-0.2, 0) is 14.4 Å². The maximum Gasteiger partial charge on any atom is 0.216 e. The highest BCUT2D eigenvalue weighted by Crippen LogP contribution is 2.09. The number of carbonyl (C=O) groups excluding carboxylic acids is 3. The highest BCUT2D eigenvalue weighted by molar-refractivity contribution is 8.14. The van der Waals surface area contributed by atoms with Crippen molar-refractivity contribution in [3.63, 3.8) is 0 Å². The number of rotatable bonds is 5. The molecule has 0 unspecified atom stereocenters. The molecule has 1 N–H and O–H groups in total. The fourth-order valence-electron chi connectivity index (χ4n) is 0.848. The van der Waals surface area contributed by atoms with E-state index in [0.717, 1.165) is 11.8 Å². The van der Waals surface area contributed by atoms with E-state index in [4.69, 9.17) is 0 Å². The Hall–Kier alpha value is -1.10. The highest BCUT2D eigenvalue weighted by atomic mass is 32.2. The van der Waals surface area contributed by atoms with E-state index in [2.05, 4.69) is 5.32 Å². The van der Waals surface area contributed by atoms with E-state index in [1.54, 1.807) is 6.92 Å². The van der Waals surface area contributed by atoms with E-state index >= 15 is 0 Å². The van der Waals surface area contributed by atoms with Crippen LogP contribution in [0.1, 0.15) is 20.8 Å². The number of allylic oxidation sites excluding steroid dienone is 1. The molecule has 0 fully saturated rings. The van der Waals surface area contributed by atoms with E-state index in [1.165, 1.54) is 19.9 Å². The van der Waals surface area contributed by atoms with Crippen molar-refractivity contribution in [3.05, 3.63) is 11.6 Å². The third-order valence-electron chi connectivity index (χ3n) is 1.45. The van der Waals surface area contributed by atoms with Gasteiger partial charge in [0.2, 0.25) is 11.0 Å². The van der Waals surface area contributed by atoms with E-state index in [9.17, 15) is 14.4 Å². The SMILES string of the molecule is CC(=O)/C=C(\C)C(=O)SCCNC(C)=O. The highest BCUT2D eigenvalue weighted by Gasteiger charge is 2.05. The van der Waals surface area contributed by atoms with Crippen molar-refractivity contribution in [1.29, 1.82) is 0 Å². The van der Waals surface area contributed by atoms with Crippen molar-refractivity contribution in [3.8, 4) is 0 Å². The van der Waals surface area contributed by atoms with Gasteiger partial charge in [-0.15, -0.1) is 0 Å². The molecule has 0 rings (SSSR count). The molecule has 0 aromatic heterocycles. The first-order valence-corrected chi connectivity index (χ1v) is 5.52. The lowest BCUT2D eigenvalue weighted by Gasteiger charge is -2.01. The molecule has 15 heavy (non-hydrogen) atoms. The molecule has 0 aromatic rings. The minimum atomic E-state index is -0.136. The fraction of sp³-hybridized carbons (Fsp3) is 0.500. The van der Waals surface area contributed by atoms with Crippen LogP contribution in [0.25, 0.3) is 0 Å². The maximum atomic E-state index is 11.4. The third kappa shape index (κ3) is 7.93. The van der Waals surface area contributed by atoms with Crippen molar-refractivity contribution in [2.75, 3.05) is 12.3 Å². The second-order valence-electron chi connectivity index (χ2n) is 3.06. The first-order valence-electron chi connectivity index (χ1n) is 4.54. The molecule has 0 aliphatic carbocycles. The lowest BCUT2D eigenvalue weighted by atomic mass is 10.2. The van der Waals surface area contributed by atoms with Crippen LogP contribution >= 0.6 is 11.8 Å². The number of amides is 1. The van der Waals surface area contributed by atoms with E-state index in [0.29, 0.717) is 17.9 Å². The summed E-state index contributed by atoms with van der Waals surface area (Å²) in [7, 11) is 0. The number of hydrogen-bond donors (Lipinski definition) is 1. The Labute approximate surface area is 93.5 Å². The van der Waals surface area contributed by atoms with Gasteiger partial charge in [-0.2, -0.15) is 0 Å². The zero-order valence-electron chi connectivity index (χ0n) is 9.12. The normalized spacial score (nSPS) is 11.0. The van der Waals surface area contributed by atoms with Crippen LogP contribution in [0.3, 0.4) is 0 Å². The smallest absolute Gasteiger partial charge is 0.216 e. The monoisotopic (exact) mass is 229 g/mol. The predicted octanol–water partition coefficient (Wildman–Crippen LogP) is 0.918. The van der Waals surface area contributed by atoms with Crippen LogP contribution in [0.5, 0.6) is 0 Å². The second kappa shape index (κ2) is 7.23. The first kappa shape index (κ1) is 13.9. The molecule has 0 atom stereocenters. The van der Waals surface area contributed by atoms with E-state index in [1.807, 2.05) is 0 Å². The van der Waals surface area contributed by atoms with Crippen LogP contribution < -0.4 is 5.32 Å². The summed E-state index contributed by atoms with van der Waals surface area (Å²) in [6.07, 6.45) is 1.31. The van der Waals surface area contributed by atoms with Crippen molar-refractivity contribution >= 4 is 28.6 Å². The summed E-state index contributed by atoms with van der Waals surface area (Å²) < 4.78 is 0. The van der Waals surface area contributed by atoms with Crippen LogP contribution in [0.15, 0.2) is 11.6 Å². The molecule has 0 saturated heterocycles. The first-order chi connectivity index (χ1) is 6.93. The van der Waals surface area contributed by atoms with E-state index < -0.39 is 0 Å². The van der Waals surface area contributed by atoms with Gasteiger partial charge in [-0.1, -0.05) is 11.8 Å². The predicted molar refractivity (Wildman–Crippen MR) is 60.6 cm³/mol. The molecule has 0 aromatic carbocycles. The van der Waals surface area contributed by atoms with Crippen LogP contribution in [-0.4, -0.2) is 29.1 Å². The van der Waals surface area contributed by atoms with Crippen molar-refractivity contribution < 1.29 is 14.4 Å². The zero-order chi connectivity index (χ0) is 11.8.